The lowest BCUT2D eigenvalue weighted by Gasteiger charge is -2.54. The van der Waals surface area contributed by atoms with Crippen LogP contribution in [0.2, 0.25) is 0 Å². The Morgan fingerprint density at radius 1 is 0.500 bits per heavy atom. The van der Waals surface area contributed by atoms with E-state index in [0.717, 1.165) is 49.7 Å². The van der Waals surface area contributed by atoms with Crippen molar-refractivity contribution < 1.29 is 81.0 Å². The summed E-state index contributed by atoms with van der Waals surface area (Å²) in [7, 11) is 0. The summed E-state index contributed by atoms with van der Waals surface area (Å²) in [4.78, 5) is 14.6. The fourth-order valence-electron chi connectivity index (χ4n) is 17.8. The molecule has 0 amide bonds. The third-order valence-corrected chi connectivity index (χ3v) is 21.4. The molecule has 422 valence electrons. The number of rotatable bonds is 1. The fourth-order valence-corrected chi connectivity index (χ4v) is 17.8. The van der Waals surface area contributed by atoms with Crippen LogP contribution in [0.3, 0.4) is 0 Å². The molecule has 18 nitrogen and oxygen atoms in total. The third-order valence-electron chi connectivity index (χ3n) is 21.4. The predicted molar refractivity (Wildman–Crippen MR) is 265 cm³/mol. The van der Waals surface area contributed by atoms with Crippen molar-refractivity contribution in [3.63, 3.8) is 0 Å². The minimum absolute atomic E-state index is 0.00857. The van der Waals surface area contributed by atoms with Crippen LogP contribution in [0.25, 0.3) is 0 Å². The van der Waals surface area contributed by atoms with Crippen LogP contribution in [0.15, 0.2) is 24.3 Å². The van der Waals surface area contributed by atoms with Gasteiger partial charge in [-0.1, -0.05) is 40.9 Å². The first-order chi connectivity index (χ1) is 36.6. The Balaban J connectivity index is 0.669. The number of carbonyl (C=O) groups excluding carboxylic acids is 1. The first-order valence-corrected chi connectivity index (χ1v) is 29.8. The van der Waals surface area contributed by atoms with Gasteiger partial charge in [0.25, 0.3) is 0 Å². The normalized spacial score (nSPS) is 59.3. The minimum atomic E-state index is -0.897. The number of aliphatic hydroxyl groups is 1. The molecule has 16 aliphatic heterocycles. The second-order valence-corrected chi connectivity index (χ2v) is 26.7. The molecule has 16 aliphatic rings. The zero-order chi connectivity index (χ0) is 51.7. The van der Waals surface area contributed by atoms with Gasteiger partial charge in [0.2, 0.25) is 0 Å². The maximum absolute atomic E-state index is 14.6. The van der Waals surface area contributed by atoms with Gasteiger partial charge >= 0.3 is 5.97 Å². The lowest BCUT2D eigenvalue weighted by Crippen LogP contribution is -2.63. The van der Waals surface area contributed by atoms with Crippen molar-refractivity contribution in [3.05, 3.63) is 24.3 Å². The number of nitrogens with two attached hydrogens (primary N) is 1. The lowest BCUT2D eigenvalue weighted by molar-refractivity contribution is -0.370. The molecular weight excluding hydrogens is 983 g/mol. The number of fused-ring (bicyclic) bond motifs is 10. The van der Waals surface area contributed by atoms with Gasteiger partial charge in [-0.15, -0.1) is 0 Å². The van der Waals surface area contributed by atoms with Gasteiger partial charge in [-0.05, 0) is 73.8 Å². The van der Waals surface area contributed by atoms with Crippen molar-refractivity contribution in [2.75, 3.05) is 6.54 Å². The topological polar surface area (TPSA) is 202 Å². The van der Waals surface area contributed by atoms with E-state index >= 15 is 0 Å². The van der Waals surface area contributed by atoms with E-state index in [2.05, 4.69) is 40.9 Å². The van der Waals surface area contributed by atoms with E-state index in [1.807, 2.05) is 0 Å². The molecule has 76 heavy (non-hydrogen) atoms. The Morgan fingerprint density at radius 3 is 2.03 bits per heavy atom. The van der Waals surface area contributed by atoms with Gasteiger partial charge in [0.05, 0.1) is 116 Å². The molecule has 0 aromatic heterocycles. The average Bonchev–Trinajstić information content (AvgIpc) is 4.36. The molecule has 12 bridgehead atoms. The lowest BCUT2D eigenvalue weighted by atomic mass is 9.78. The largest absolute Gasteiger partial charge is 0.459 e. The van der Waals surface area contributed by atoms with Crippen LogP contribution in [-0.4, -0.2) is 181 Å². The molecule has 16 saturated heterocycles. The summed E-state index contributed by atoms with van der Waals surface area (Å²) in [5.41, 5.74) is 8.12. The zero-order valence-electron chi connectivity index (χ0n) is 44.9. The number of esters is 1. The van der Waals surface area contributed by atoms with Gasteiger partial charge in [0.1, 0.15) is 36.6 Å². The number of aliphatic hydroxyl groups excluding tert-OH is 1. The Bertz CT molecular complexity index is 2270. The van der Waals surface area contributed by atoms with E-state index in [4.69, 9.17) is 76.8 Å². The van der Waals surface area contributed by atoms with Crippen molar-refractivity contribution in [2.24, 2.45) is 29.4 Å². The molecule has 16 heterocycles. The van der Waals surface area contributed by atoms with Gasteiger partial charge < -0.3 is 81.9 Å². The molecule has 18 heteroatoms. The number of hydrogen-bond donors (Lipinski definition) is 2. The Labute approximate surface area is 446 Å². The summed E-state index contributed by atoms with van der Waals surface area (Å²) in [6.07, 6.45) is 4.05. The van der Waals surface area contributed by atoms with E-state index in [-0.39, 0.29) is 152 Å². The van der Waals surface area contributed by atoms with Gasteiger partial charge in [-0.2, -0.15) is 0 Å². The Kier molecular flexibility index (Phi) is 12.8. The second kappa shape index (κ2) is 18.9. The van der Waals surface area contributed by atoms with E-state index in [1.165, 1.54) is 0 Å². The maximum Gasteiger partial charge on any atom is 0.308 e. The van der Waals surface area contributed by atoms with Crippen molar-refractivity contribution in [2.45, 2.75) is 301 Å². The van der Waals surface area contributed by atoms with E-state index in [9.17, 15) is 9.90 Å². The Morgan fingerprint density at radius 2 is 1.17 bits per heavy atom. The predicted octanol–water partition coefficient (Wildman–Crippen LogP) is 5.14. The summed E-state index contributed by atoms with van der Waals surface area (Å²) in [6.45, 7) is 18.2. The SMILES string of the molecule is C=C1CC2CCC34CC5OC6C(OC7CCC(CC(=O)OC8C(CC9OC(CCC1O2)CC(C)C9=C)OC1CC2OC9(CC2OC1C8C)CC1OC2(CC(C)C8OC(CN)C(O)CC8O2)CC(C)C1O9)OC7C6O3)C5O4. The van der Waals surface area contributed by atoms with Crippen molar-refractivity contribution in [3.8, 4) is 0 Å². The molecule has 16 rings (SSSR count). The highest BCUT2D eigenvalue weighted by atomic mass is 16.8. The molecule has 0 radical (unpaired) electrons. The quantitative estimate of drug-likeness (QED) is 0.258. The summed E-state index contributed by atoms with van der Waals surface area (Å²) in [5.74, 6) is -2.57. The molecule has 3 N–H and O–H groups in total. The summed E-state index contributed by atoms with van der Waals surface area (Å²) in [6, 6.07) is 0. The van der Waals surface area contributed by atoms with Crippen LogP contribution >= 0.6 is 0 Å². The van der Waals surface area contributed by atoms with E-state index in [1.54, 1.807) is 0 Å². The summed E-state index contributed by atoms with van der Waals surface area (Å²) >= 11 is 0. The summed E-state index contributed by atoms with van der Waals surface area (Å²) < 4.78 is 103. The first kappa shape index (κ1) is 51.2. The van der Waals surface area contributed by atoms with E-state index < -0.39 is 54.0 Å². The summed E-state index contributed by atoms with van der Waals surface area (Å²) in [5, 5.41) is 10.9. The van der Waals surface area contributed by atoms with Crippen molar-refractivity contribution >= 4 is 5.97 Å². The second-order valence-electron chi connectivity index (χ2n) is 26.7. The van der Waals surface area contributed by atoms with Crippen LogP contribution in [0.1, 0.15) is 137 Å². The van der Waals surface area contributed by atoms with Crippen LogP contribution in [0.4, 0.5) is 0 Å². The average molecular weight is 1070 g/mol. The molecule has 3 spiro atoms. The molecule has 31 unspecified atom stereocenters. The fraction of sp³-hybridized carbons (Fsp3) is 0.914. The van der Waals surface area contributed by atoms with Gasteiger partial charge in [0, 0.05) is 70.3 Å². The molecule has 0 saturated carbocycles. The van der Waals surface area contributed by atoms with Crippen LogP contribution in [-0.2, 0) is 75.8 Å². The number of carbonyl (C=O) groups is 1. The zero-order valence-corrected chi connectivity index (χ0v) is 44.9. The molecule has 0 aromatic rings. The standard InChI is InChI=1S/C58H83NO17/c1-25-13-31-7-9-35-26(2)14-33(62-35)11-12-56-22-43-52(75-56)53-54(68-43)55(76-56)51-36(66-53)10-8-32(64-51)15-46(61)70-50-30(6)49-40(65-39(50)17-37(63-31)29(25)5)18-38-42(67-49)21-58(71-38)23-44-48(74-58)28(4)20-57(73-44)19-27(3)47-41(72-57)16-34(60)45(24-59)69-47/h25,27-28,30-45,47-55,60H,2,5,7-24,59H2,1,3-4,6H3. The van der Waals surface area contributed by atoms with Crippen molar-refractivity contribution in [1.82, 2.24) is 0 Å². The molecular formula is C58H83NO17. The van der Waals surface area contributed by atoms with Crippen LogP contribution in [0, 0.1) is 23.7 Å². The first-order valence-electron chi connectivity index (χ1n) is 29.8. The third kappa shape index (κ3) is 8.56. The number of ether oxygens (including phenoxy) is 15. The minimum Gasteiger partial charge on any atom is -0.459 e. The highest BCUT2D eigenvalue weighted by molar-refractivity contribution is 5.70. The van der Waals surface area contributed by atoms with Gasteiger partial charge in [0.15, 0.2) is 17.4 Å². The molecule has 0 aliphatic carbocycles. The monoisotopic (exact) mass is 1070 g/mol. The van der Waals surface area contributed by atoms with Gasteiger partial charge in [-0.3, -0.25) is 4.79 Å². The maximum atomic E-state index is 14.6. The number of hydrogen-bond acceptors (Lipinski definition) is 18. The van der Waals surface area contributed by atoms with Crippen LogP contribution < -0.4 is 5.73 Å². The Hall–Kier alpha value is -1.69. The molecule has 0 aromatic carbocycles. The molecule has 31 atom stereocenters. The van der Waals surface area contributed by atoms with E-state index in [0.29, 0.717) is 64.2 Å². The smallest absolute Gasteiger partial charge is 0.308 e. The van der Waals surface area contributed by atoms with Crippen molar-refractivity contribution in [1.29, 1.82) is 0 Å². The molecule has 16 fully saturated rings. The highest BCUT2D eigenvalue weighted by Gasteiger charge is 2.70. The van der Waals surface area contributed by atoms with Crippen LogP contribution in [0.5, 0.6) is 0 Å². The highest BCUT2D eigenvalue weighted by Crippen LogP contribution is 2.57. The van der Waals surface area contributed by atoms with Gasteiger partial charge in [-0.25, -0.2) is 0 Å².